The van der Waals surface area contributed by atoms with E-state index < -0.39 is 0 Å². The van der Waals surface area contributed by atoms with E-state index in [1.807, 2.05) is 0 Å². The maximum absolute atomic E-state index is 8.36. The molecule has 1 atom stereocenters. The molecule has 1 aromatic rings. The van der Waals surface area contributed by atoms with E-state index in [0.717, 1.165) is 18.7 Å². The van der Waals surface area contributed by atoms with Crippen LogP contribution in [0.25, 0.3) is 0 Å². The van der Waals surface area contributed by atoms with Gasteiger partial charge in [-0.05, 0) is 12.8 Å². The standard InChI is InChI=1S/C10H15N3O/c1-3-8(2)10-12-9(14-13-10)6-4-5-7-11/h8H,3-6H2,1-2H3. The second-order valence-electron chi connectivity index (χ2n) is 3.37. The summed E-state index contributed by atoms with van der Waals surface area (Å²) >= 11 is 0. The minimum absolute atomic E-state index is 0.350. The van der Waals surface area contributed by atoms with Gasteiger partial charge in [0.25, 0.3) is 0 Å². The minimum Gasteiger partial charge on any atom is -0.339 e. The van der Waals surface area contributed by atoms with Gasteiger partial charge in [-0.25, -0.2) is 0 Å². The fourth-order valence-corrected chi connectivity index (χ4v) is 1.07. The van der Waals surface area contributed by atoms with Crippen LogP contribution >= 0.6 is 0 Å². The van der Waals surface area contributed by atoms with E-state index in [2.05, 4.69) is 30.1 Å². The van der Waals surface area contributed by atoms with Crippen molar-refractivity contribution in [2.75, 3.05) is 0 Å². The molecule has 1 rings (SSSR count). The molecule has 1 heterocycles. The SMILES string of the molecule is CCC(C)c1noc(CCCC#N)n1. The summed E-state index contributed by atoms with van der Waals surface area (Å²) in [7, 11) is 0. The largest absolute Gasteiger partial charge is 0.339 e. The topological polar surface area (TPSA) is 62.7 Å². The van der Waals surface area contributed by atoms with Gasteiger partial charge in [0, 0.05) is 18.8 Å². The van der Waals surface area contributed by atoms with Gasteiger partial charge in [0.15, 0.2) is 5.82 Å². The molecule has 0 aliphatic heterocycles. The summed E-state index contributed by atoms with van der Waals surface area (Å²) in [5, 5.41) is 12.3. The first-order valence-corrected chi connectivity index (χ1v) is 4.97. The van der Waals surface area contributed by atoms with Crippen LogP contribution in [0, 0.1) is 11.3 Å². The third-order valence-electron chi connectivity index (χ3n) is 2.22. The molecule has 0 radical (unpaired) electrons. The number of aryl methyl sites for hydroxylation is 1. The molecule has 0 aromatic carbocycles. The molecule has 14 heavy (non-hydrogen) atoms. The minimum atomic E-state index is 0.350. The average Bonchev–Trinajstić information content (AvgIpc) is 2.66. The lowest BCUT2D eigenvalue weighted by Crippen LogP contribution is -1.94. The first kappa shape index (κ1) is 10.7. The van der Waals surface area contributed by atoms with Crippen LogP contribution in [0.2, 0.25) is 0 Å². The normalized spacial score (nSPS) is 12.4. The van der Waals surface area contributed by atoms with Gasteiger partial charge in [-0.15, -0.1) is 0 Å². The molecule has 1 unspecified atom stereocenters. The number of aromatic nitrogens is 2. The summed E-state index contributed by atoms with van der Waals surface area (Å²) in [6.45, 7) is 4.17. The van der Waals surface area contributed by atoms with Crippen molar-refractivity contribution in [2.24, 2.45) is 0 Å². The van der Waals surface area contributed by atoms with E-state index in [1.165, 1.54) is 0 Å². The third-order valence-corrected chi connectivity index (χ3v) is 2.22. The fraction of sp³-hybridized carbons (Fsp3) is 0.700. The summed E-state index contributed by atoms with van der Waals surface area (Å²) in [5.74, 6) is 1.78. The fourth-order valence-electron chi connectivity index (χ4n) is 1.07. The number of hydrogen-bond donors (Lipinski definition) is 0. The Bertz CT molecular complexity index is 313. The number of hydrogen-bond acceptors (Lipinski definition) is 4. The lowest BCUT2D eigenvalue weighted by atomic mass is 10.1. The van der Waals surface area contributed by atoms with Crippen LogP contribution in [0.5, 0.6) is 0 Å². The highest BCUT2D eigenvalue weighted by Crippen LogP contribution is 2.15. The Hall–Kier alpha value is -1.37. The summed E-state index contributed by atoms with van der Waals surface area (Å²) in [6.07, 6.45) is 3.05. The van der Waals surface area contributed by atoms with E-state index >= 15 is 0 Å². The maximum atomic E-state index is 8.36. The summed E-state index contributed by atoms with van der Waals surface area (Å²) < 4.78 is 5.06. The Kier molecular flexibility index (Phi) is 4.11. The highest BCUT2D eigenvalue weighted by atomic mass is 16.5. The van der Waals surface area contributed by atoms with Crippen molar-refractivity contribution in [1.29, 1.82) is 5.26 Å². The Morgan fingerprint density at radius 1 is 1.57 bits per heavy atom. The van der Waals surface area contributed by atoms with Crippen molar-refractivity contribution in [3.63, 3.8) is 0 Å². The molecular formula is C10H15N3O. The second kappa shape index (κ2) is 5.38. The summed E-state index contributed by atoms with van der Waals surface area (Å²) in [5.41, 5.74) is 0. The van der Waals surface area contributed by atoms with E-state index in [4.69, 9.17) is 9.78 Å². The number of unbranched alkanes of at least 4 members (excludes halogenated alkanes) is 1. The Balaban J connectivity index is 2.47. The van der Waals surface area contributed by atoms with Crippen LogP contribution < -0.4 is 0 Å². The molecule has 0 bridgehead atoms. The van der Waals surface area contributed by atoms with E-state index in [1.54, 1.807) is 0 Å². The maximum Gasteiger partial charge on any atom is 0.226 e. The Morgan fingerprint density at radius 3 is 3.00 bits per heavy atom. The quantitative estimate of drug-likeness (QED) is 0.674. The monoisotopic (exact) mass is 193 g/mol. The molecule has 1 aromatic heterocycles. The van der Waals surface area contributed by atoms with E-state index in [-0.39, 0.29) is 0 Å². The van der Waals surface area contributed by atoms with Crippen LogP contribution in [0.4, 0.5) is 0 Å². The van der Waals surface area contributed by atoms with Gasteiger partial charge in [0.2, 0.25) is 5.89 Å². The highest BCUT2D eigenvalue weighted by molar-refractivity contribution is 4.93. The van der Waals surface area contributed by atoms with Crippen molar-refractivity contribution >= 4 is 0 Å². The second-order valence-corrected chi connectivity index (χ2v) is 3.37. The van der Waals surface area contributed by atoms with Gasteiger partial charge in [0.05, 0.1) is 6.07 Å². The van der Waals surface area contributed by atoms with Crippen LogP contribution in [-0.2, 0) is 6.42 Å². The van der Waals surface area contributed by atoms with Gasteiger partial charge in [-0.2, -0.15) is 10.2 Å². The zero-order chi connectivity index (χ0) is 10.4. The first-order chi connectivity index (χ1) is 6.77. The summed E-state index contributed by atoms with van der Waals surface area (Å²) in [6, 6.07) is 2.09. The molecule has 0 fully saturated rings. The molecule has 0 N–H and O–H groups in total. The molecule has 0 saturated heterocycles. The van der Waals surface area contributed by atoms with E-state index in [0.29, 0.717) is 24.7 Å². The zero-order valence-electron chi connectivity index (χ0n) is 8.66. The van der Waals surface area contributed by atoms with Crippen molar-refractivity contribution in [3.05, 3.63) is 11.7 Å². The van der Waals surface area contributed by atoms with Crippen LogP contribution in [0.3, 0.4) is 0 Å². The molecule has 76 valence electrons. The Morgan fingerprint density at radius 2 is 2.36 bits per heavy atom. The van der Waals surface area contributed by atoms with Crippen LogP contribution in [-0.4, -0.2) is 10.1 Å². The smallest absolute Gasteiger partial charge is 0.226 e. The lowest BCUT2D eigenvalue weighted by molar-refractivity contribution is 0.368. The van der Waals surface area contributed by atoms with Gasteiger partial charge in [-0.1, -0.05) is 19.0 Å². The highest BCUT2D eigenvalue weighted by Gasteiger charge is 2.11. The van der Waals surface area contributed by atoms with E-state index in [9.17, 15) is 0 Å². The van der Waals surface area contributed by atoms with Crippen molar-refractivity contribution in [1.82, 2.24) is 10.1 Å². The molecular weight excluding hydrogens is 178 g/mol. The Labute approximate surface area is 83.9 Å². The number of rotatable bonds is 5. The van der Waals surface area contributed by atoms with Crippen LogP contribution in [0.15, 0.2) is 4.52 Å². The van der Waals surface area contributed by atoms with Gasteiger partial charge < -0.3 is 4.52 Å². The van der Waals surface area contributed by atoms with Crippen LogP contribution in [0.1, 0.15) is 50.7 Å². The van der Waals surface area contributed by atoms with Crippen molar-refractivity contribution in [3.8, 4) is 6.07 Å². The zero-order valence-corrected chi connectivity index (χ0v) is 8.66. The molecule has 4 nitrogen and oxygen atoms in total. The van der Waals surface area contributed by atoms with Crippen molar-refractivity contribution in [2.45, 2.75) is 45.4 Å². The van der Waals surface area contributed by atoms with Gasteiger partial charge >= 0.3 is 0 Å². The molecule has 0 saturated carbocycles. The molecule has 0 spiro atoms. The predicted octanol–water partition coefficient (Wildman–Crippen LogP) is 2.43. The molecule has 0 amide bonds. The third kappa shape index (κ3) is 2.84. The molecule has 4 heteroatoms. The predicted molar refractivity (Wildman–Crippen MR) is 51.6 cm³/mol. The number of nitriles is 1. The van der Waals surface area contributed by atoms with Gasteiger partial charge in [0.1, 0.15) is 0 Å². The van der Waals surface area contributed by atoms with Gasteiger partial charge in [-0.3, -0.25) is 0 Å². The average molecular weight is 193 g/mol. The molecule has 0 aliphatic carbocycles. The lowest BCUT2D eigenvalue weighted by Gasteiger charge is -1.98. The van der Waals surface area contributed by atoms with Crippen molar-refractivity contribution < 1.29 is 4.52 Å². The first-order valence-electron chi connectivity index (χ1n) is 4.97. The number of nitrogens with zero attached hydrogens (tertiary/aromatic N) is 3. The summed E-state index contributed by atoms with van der Waals surface area (Å²) in [4.78, 5) is 4.27. The molecule has 0 aliphatic rings.